The number of aliphatic imine (C=N–C) groups is 1. The maximum Gasteiger partial charge on any atom is 0.343 e. The van der Waals surface area contributed by atoms with Gasteiger partial charge in [0.05, 0.1) is 11.3 Å². The first-order chi connectivity index (χ1) is 17.4. The third-order valence-electron chi connectivity index (χ3n) is 5.68. The van der Waals surface area contributed by atoms with Gasteiger partial charge in [-0.1, -0.05) is 44.2 Å². The van der Waals surface area contributed by atoms with Crippen molar-refractivity contribution in [2.45, 2.75) is 51.0 Å². The van der Waals surface area contributed by atoms with Crippen LogP contribution in [0.15, 0.2) is 59.6 Å². The average molecular weight is 493 g/mol. The van der Waals surface area contributed by atoms with Crippen LogP contribution in [0.4, 0.5) is 5.69 Å². The third-order valence-corrected chi connectivity index (χ3v) is 5.68. The highest BCUT2D eigenvalue weighted by atomic mass is 16.5. The summed E-state index contributed by atoms with van der Waals surface area (Å²) in [6, 6.07) is 13.1. The highest BCUT2D eigenvalue weighted by Gasteiger charge is 2.15. The Morgan fingerprint density at radius 3 is 2.19 bits per heavy atom. The molecule has 1 fully saturated rings. The lowest BCUT2D eigenvalue weighted by Crippen LogP contribution is -2.37. The quantitative estimate of drug-likeness (QED) is 0.168. The Balaban J connectivity index is 1.42. The highest BCUT2D eigenvalue weighted by Crippen LogP contribution is 2.18. The SMILES string of the molecule is NC(N)=Nc1ccc(C(=O)Oc2ccc(C=CC(=O)OCC(=O)NC3CCCCCCC3)cc2)cc1. The summed E-state index contributed by atoms with van der Waals surface area (Å²) in [6.45, 7) is -0.304. The van der Waals surface area contributed by atoms with Crippen molar-refractivity contribution in [1.29, 1.82) is 0 Å². The fourth-order valence-corrected chi connectivity index (χ4v) is 3.85. The molecule has 0 bridgehead atoms. The van der Waals surface area contributed by atoms with E-state index in [0.717, 1.165) is 25.7 Å². The predicted octanol–water partition coefficient (Wildman–Crippen LogP) is 3.60. The number of ether oxygens (including phenoxy) is 2. The zero-order chi connectivity index (χ0) is 25.8. The van der Waals surface area contributed by atoms with E-state index in [9.17, 15) is 14.4 Å². The van der Waals surface area contributed by atoms with Gasteiger partial charge in [-0.15, -0.1) is 0 Å². The molecule has 0 unspecified atom stereocenters. The summed E-state index contributed by atoms with van der Waals surface area (Å²) in [5.74, 6) is -1.14. The van der Waals surface area contributed by atoms with Crippen molar-refractivity contribution in [1.82, 2.24) is 5.32 Å². The molecular weight excluding hydrogens is 460 g/mol. The number of esters is 2. The Morgan fingerprint density at radius 1 is 0.917 bits per heavy atom. The number of guanidine groups is 1. The summed E-state index contributed by atoms with van der Waals surface area (Å²) in [7, 11) is 0. The Kier molecular flexibility index (Phi) is 10.1. The lowest BCUT2D eigenvalue weighted by molar-refractivity contribution is -0.144. The van der Waals surface area contributed by atoms with Crippen molar-refractivity contribution in [3.8, 4) is 5.75 Å². The van der Waals surface area contributed by atoms with Gasteiger partial charge in [-0.3, -0.25) is 4.79 Å². The van der Waals surface area contributed by atoms with Gasteiger partial charge in [-0.2, -0.15) is 0 Å². The average Bonchev–Trinajstić information content (AvgIpc) is 2.84. The van der Waals surface area contributed by atoms with Crippen LogP contribution in [-0.2, 0) is 14.3 Å². The van der Waals surface area contributed by atoms with Crippen LogP contribution in [0.5, 0.6) is 5.75 Å². The number of benzene rings is 2. The summed E-state index contributed by atoms with van der Waals surface area (Å²) < 4.78 is 10.4. The molecule has 0 radical (unpaired) electrons. The fourth-order valence-electron chi connectivity index (χ4n) is 3.85. The molecule has 0 aromatic heterocycles. The number of carbonyl (C=O) groups is 3. The van der Waals surface area contributed by atoms with E-state index in [4.69, 9.17) is 20.9 Å². The van der Waals surface area contributed by atoms with E-state index in [2.05, 4.69) is 10.3 Å². The van der Waals surface area contributed by atoms with Gasteiger partial charge >= 0.3 is 11.9 Å². The number of hydrogen-bond acceptors (Lipinski definition) is 6. The molecule has 5 N–H and O–H groups in total. The first kappa shape index (κ1) is 26.5. The van der Waals surface area contributed by atoms with Gasteiger partial charge in [-0.25, -0.2) is 14.6 Å². The van der Waals surface area contributed by atoms with Gasteiger partial charge in [0, 0.05) is 12.1 Å². The van der Waals surface area contributed by atoms with E-state index in [1.807, 2.05) is 0 Å². The number of carbonyl (C=O) groups excluding carboxylic acids is 3. The van der Waals surface area contributed by atoms with Crippen LogP contribution in [0.1, 0.15) is 60.9 Å². The van der Waals surface area contributed by atoms with E-state index in [0.29, 0.717) is 22.6 Å². The van der Waals surface area contributed by atoms with Gasteiger partial charge in [0.15, 0.2) is 12.6 Å². The van der Waals surface area contributed by atoms with Crippen LogP contribution in [0.2, 0.25) is 0 Å². The van der Waals surface area contributed by atoms with E-state index < -0.39 is 11.9 Å². The Bertz CT molecular complexity index is 1080. The molecule has 9 heteroatoms. The highest BCUT2D eigenvalue weighted by molar-refractivity contribution is 5.92. The van der Waals surface area contributed by atoms with Crippen LogP contribution in [0.25, 0.3) is 6.08 Å². The molecule has 190 valence electrons. The standard InChI is InChI=1S/C27H32N4O5/c28-27(29)31-22-13-11-20(12-14-22)26(34)36-23-15-8-19(9-16-23)10-17-25(33)35-18-24(32)30-21-6-4-2-1-3-5-7-21/h8-17,21H,1-7,18H2,(H,30,32)(H4,28,29,31). The number of nitrogens with one attached hydrogen (secondary N) is 1. The molecule has 2 aromatic rings. The lowest BCUT2D eigenvalue weighted by atomic mass is 9.97. The first-order valence-corrected chi connectivity index (χ1v) is 12.1. The molecule has 36 heavy (non-hydrogen) atoms. The van der Waals surface area contributed by atoms with Crippen LogP contribution < -0.4 is 21.5 Å². The van der Waals surface area contributed by atoms with Crippen molar-refractivity contribution >= 4 is 35.6 Å². The van der Waals surface area contributed by atoms with Gasteiger partial charge in [0.1, 0.15) is 5.75 Å². The van der Waals surface area contributed by atoms with Crippen LogP contribution >= 0.6 is 0 Å². The van der Waals surface area contributed by atoms with Crippen molar-refractivity contribution in [3.63, 3.8) is 0 Å². The summed E-state index contributed by atoms with van der Waals surface area (Å²) >= 11 is 0. The molecule has 0 atom stereocenters. The molecule has 3 rings (SSSR count). The number of amides is 1. The summed E-state index contributed by atoms with van der Waals surface area (Å²) in [5.41, 5.74) is 12.2. The number of nitrogens with zero attached hydrogens (tertiary/aromatic N) is 1. The molecule has 1 saturated carbocycles. The van der Waals surface area contributed by atoms with Crippen molar-refractivity contribution in [2.75, 3.05) is 6.61 Å². The van der Waals surface area contributed by atoms with Crippen molar-refractivity contribution in [3.05, 3.63) is 65.7 Å². The van der Waals surface area contributed by atoms with Gasteiger partial charge in [0.25, 0.3) is 5.91 Å². The topological polar surface area (TPSA) is 146 Å². The van der Waals surface area contributed by atoms with Crippen molar-refractivity contribution in [2.24, 2.45) is 16.5 Å². The fraction of sp³-hybridized carbons (Fsp3) is 0.333. The van der Waals surface area contributed by atoms with Crippen LogP contribution in [0.3, 0.4) is 0 Å². The first-order valence-electron chi connectivity index (χ1n) is 12.1. The molecule has 1 aliphatic carbocycles. The second-order valence-electron chi connectivity index (χ2n) is 8.59. The second-order valence-corrected chi connectivity index (χ2v) is 8.59. The second kappa shape index (κ2) is 13.7. The van der Waals surface area contributed by atoms with Gasteiger partial charge < -0.3 is 26.3 Å². The normalized spacial score (nSPS) is 14.3. The number of hydrogen-bond donors (Lipinski definition) is 3. The predicted molar refractivity (Wildman–Crippen MR) is 138 cm³/mol. The molecule has 0 heterocycles. The molecular formula is C27H32N4O5. The molecule has 9 nitrogen and oxygen atoms in total. The minimum Gasteiger partial charge on any atom is -0.452 e. The zero-order valence-electron chi connectivity index (χ0n) is 20.2. The molecule has 1 aliphatic rings. The van der Waals surface area contributed by atoms with E-state index >= 15 is 0 Å². The van der Waals surface area contributed by atoms with E-state index in [-0.39, 0.29) is 24.5 Å². The van der Waals surface area contributed by atoms with E-state index in [1.165, 1.54) is 25.3 Å². The van der Waals surface area contributed by atoms with Gasteiger partial charge in [0.2, 0.25) is 0 Å². The molecule has 0 saturated heterocycles. The van der Waals surface area contributed by atoms with Crippen LogP contribution in [0, 0.1) is 0 Å². The zero-order valence-corrected chi connectivity index (χ0v) is 20.2. The number of nitrogens with two attached hydrogens (primary N) is 2. The molecule has 1 amide bonds. The Hall–Kier alpha value is -4.14. The monoisotopic (exact) mass is 492 g/mol. The summed E-state index contributed by atoms with van der Waals surface area (Å²) in [4.78, 5) is 40.3. The largest absolute Gasteiger partial charge is 0.452 e. The van der Waals surface area contributed by atoms with E-state index in [1.54, 1.807) is 54.6 Å². The van der Waals surface area contributed by atoms with Crippen molar-refractivity contribution < 1.29 is 23.9 Å². The maximum absolute atomic E-state index is 12.3. The lowest BCUT2D eigenvalue weighted by Gasteiger charge is -2.20. The van der Waals surface area contributed by atoms with Gasteiger partial charge in [-0.05, 0) is 60.9 Å². The third kappa shape index (κ3) is 9.25. The maximum atomic E-state index is 12.3. The minimum absolute atomic E-state index is 0.0708. The minimum atomic E-state index is -0.609. The molecule has 0 spiro atoms. The molecule has 0 aliphatic heterocycles. The Morgan fingerprint density at radius 2 is 1.56 bits per heavy atom. The molecule has 2 aromatic carbocycles. The number of rotatable bonds is 8. The Labute approximate surface area is 210 Å². The van der Waals surface area contributed by atoms with Crippen LogP contribution in [-0.4, -0.2) is 36.5 Å². The summed E-state index contributed by atoms with van der Waals surface area (Å²) in [6.07, 6.45) is 10.6. The smallest absolute Gasteiger partial charge is 0.343 e. The summed E-state index contributed by atoms with van der Waals surface area (Å²) in [5, 5.41) is 2.96.